The van der Waals surface area contributed by atoms with E-state index in [4.69, 9.17) is 9.52 Å². The van der Waals surface area contributed by atoms with Gasteiger partial charge < -0.3 is 9.52 Å². The van der Waals surface area contributed by atoms with E-state index in [-0.39, 0.29) is 12.2 Å². The van der Waals surface area contributed by atoms with Gasteiger partial charge >= 0.3 is 5.63 Å². The first kappa shape index (κ1) is 12.7. The van der Waals surface area contributed by atoms with E-state index < -0.39 is 0 Å². The summed E-state index contributed by atoms with van der Waals surface area (Å²) in [5.74, 6) is 0.953. The zero-order valence-corrected chi connectivity index (χ0v) is 9.99. The Kier molecular flexibility index (Phi) is 4.50. The highest BCUT2D eigenvalue weighted by atomic mass is 16.4. The molecule has 0 radical (unpaired) electrons. The van der Waals surface area contributed by atoms with Crippen LogP contribution in [-0.4, -0.2) is 11.7 Å². The van der Waals surface area contributed by atoms with E-state index in [1.165, 1.54) is 0 Å². The molecule has 0 aliphatic carbocycles. The van der Waals surface area contributed by atoms with Crippen LogP contribution in [0.1, 0.15) is 32.1 Å². The molecular weight excluding hydrogens is 204 g/mol. The van der Waals surface area contributed by atoms with E-state index in [1.54, 1.807) is 25.1 Å². The quantitative estimate of drug-likeness (QED) is 0.850. The minimum absolute atomic E-state index is 0.0523. The molecule has 0 bridgehead atoms. The molecule has 0 aromatic carbocycles. The second-order valence-corrected chi connectivity index (χ2v) is 4.28. The zero-order chi connectivity index (χ0) is 12.1. The third kappa shape index (κ3) is 3.35. The molecule has 3 heteroatoms. The number of hydrogen-bond donors (Lipinski definition) is 1. The van der Waals surface area contributed by atoms with Gasteiger partial charge in [0.1, 0.15) is 5.76 Å². The molecule has 16 heavy (non-hydrogen) atoms. The first-order valence-electron chi connectivity index (χ1n) is 5.45. The lowest BCUT2D eigenvalue weighted by molar-refractivity contribution is 0.342. The lowest BCUT2D eigenvalue weighted by Crippen LogP contribution is -2.10. The molecule has 1 aromatic rings. The first-order chi connectivity index (χ1) is 7.54. The fraction of sp³-hybridized carbons (Fsp3) is 0.462. The highest BCUT2D eigenvalue weighted by Gasteiger charge is 2.06. The van der Waals surface area contributed by atoms with Crippen molar-refractivity contribution >= 4 is 5.57 Å². The summed E-state index contributed by atoms with van der Waals surface area (Å²) in [6.45, 7) is 5.87. The van der Waals surface area contributed by atoms with Crippen molar-refractivity contribution in [1.29, 1.82) is 0 Å². The van der Waals surface area contributed by atoms with Crippen molar-refractivity contribution in [2.24, 2.45) is 5.92 Å². The van der Waals surface area contributed by atoms with Gasteiger partial charge in [-0.05, 0) is 37.0 Å². The Morgan fingerprint density at radius 1 is 1.50 bits per heavy atom. The van der Waals surface area contributed by atoms with E-state index in [0.717, 1.165) is 12.0 Å². The third-order valence-electron chi connectivity index (χ3n) is 2.32. The fourth-order valence-electron chi connectivity index (χ4n) is 1.48. The summed E-state index contributed by atoms with van der Waals surface area (Å²) in [5, 5.41) is 8.74. The fourth-order valence-corrected chi connectivity index (χ4v) is 1.48. The van der Waals surface area contributed by atoms with Crippen LogP contribution >= 0.6 is 0 Å². The molecule has 0 spiro atoms. The van der Waals surface area contributed by atoms with Gasteiger partial charge in [0.25, 0.3) is 0 Å². The minimum Gasteiger partial charge on any atom is -0.423 e. The van der Waals surface area contributed by atoms with Gasteiger partial charge in [0, 0.05) is 5.56 Å². The van der Waals surface area contributed by atoms with Crippen molar-refractivity contribution in [3.05, 3.63) is 40.0 Å². The van der Waals surface area contributed by atoms with Crippen LogP contribution in [0.5, 0.6) is 0 Å². The number of aliphatic hydroxyl groups is 1. The summed E-state index contributed by atoms with van der Waals surface area (Å²) < 4.78 is 5.19. The van der Waals surface area contributed by atoms with E-state index in [2.05, 4.69) is 13.8 Å². The topological polar surface area (TPSA) is 50.4 Å². The molecule has 1 heterocycles. The summed E-state index contributed by atoms with van der Waals surface area (Å²) in [7, 11) is 0. The first-order valence-corrected chi connectivity index (χ1v) is 5.45. The third-order valence-corrected chi connectivity index (χ3v) is 2.32. The molecule has 88 valence electrons. The molecule has 0 saturated heterocycles. The van der Waals surface area contributed by atoms with Crippen molar-refractivity contribution in [1.82, 2.24) is 0 Å². The van der Waals surface area contributed by atoms with Crippen LogP contribution in [0.15, 0.2) is 27.4 Å². The van der Waals surface area contributed by atoms with Gasteiger partial charge in [-0.2, -0.15) is 0 Å². The van der Waals surface area contributed by atoms with Gasteiger partial charge in [0.05, 0.1) is 6.61 Å². The second kappa shape index (κ2) is 5.66. The van der Waals surface area contributed by atoms with Gasteiger partial charge in [-0.3, -0.25) is 0 Å². The molecule has 1 N–H and O–H groups in total. The molecule has 0 unspecified atom stereocenters. The SMILES string of the molecule is C/C(=C\CO)c1ccc(CC(C)C)c(=O)o1. The summed E-state index contributed by atoms with van der Waals surface area (Å²) >= 11 is 0. The van der Waals surface area contributed by atoms with Crippen LogP contribution in [-0.2, 0) is 6.42 Å². The molecule has 0 fully saturated rings. The predicted molar refractivity (Wildman–Crippen MR) is 64.3 cm³/mol. The van der Waals surface area contributed by atoms with Crippen molar-refractivity contribution in [3.8, 4) is 0 Å². The maximum Gasteiger partial charge on any atom is 0.339 e. The van der Waals surface area contributed by atoms with E-state index in [9.17, 15) is 4.79 Å². The van der Waals surface area contributed by atoms with Gasteiger partial charge in [-0.1, -0.05) is 19.9 Å². The monoisotopic (exact) mass is 222 g/mol. The average molecular weight is 222 g/mol. The van der Waals surface area contributed by atoms with E-state index in [1.807, 2.05) is 0 Å². The Bertz CT molecular complexity index is 427. The van der Waals surface area contributed by atoms with Gasteiger partial charge in [-0.15, -0.1) is 0 Å². The van der Waals surface area contributed by atoms with Crippen molar-refractivity contribution in [2.75, 3.05) is 6.61 Å². The standard InChI is InChI=1S/C13H18O3/c1-9(2)8-11-4-5-12(16-13(11)15)10(3)6-7-14/h4-6,9,14H,7-8H2,1-3H3/b10-6+. The summed E-state index contributed by atoms with van der Waals surface area (Å²) in [4.78, 5) is 11.6. The van der Waals surface area contributed by atoms with Crippen molar-refractivity contribution < 1.29 is 9.52 Å². The Balaban J connectivity index is 3.00. The maximum atomic E-state index is 11.6. The van der Waals surface area contributed by atoms with Gasteiger partial charge in [-0.25, -0.2) is 4.79 Å². The predicted octanol–water partition coefficient (Wildman–Crippen LogP) is 2.23. The molecule has 0 aliphatic heterocycles. The summed E-state index contributed by atoms with van der Waals surface area (Å²) in [6, 6.07) is 3.58. The van der Waals surface area contributed by atoms with Gasteiger partial charge in [0.2, 0.25) is 0 Å². The molecule has 1 rings (SSSR count). The molecular formula is C13H18O3. The number of rotatable bonds is 4. The van der Waals surface area contributed by atoms with Crippen LogP contribution in [0.4, 0.5) is 0 Å². The van der Waals surface area contributed by atoms with Gasteiger partial charge in [0.15, 0.2) is 0 Å². The van der Waals surface area contributed by atoms with Crippen LogP contribution in [0.2, 0.25) is 0 Å². The van der Waals surface area contributed by atoms with Crippen molar-refractivity contribution in [3.63, 3.8) is 0 Å². The molecule has 3 nitrogen and oxygen atoms in total. The highest BCUT2D eigenvalue weighted by Crippen LogP contribution is 2.12. The minimum atomic E-state index is -0.281. The molecule has 1 aromatic heterocycles. The molecule has 0 aliphatic rings. The molecule has 0 atom stereocenters. The van der Waals surface area contributed by atoms with Crippen LogP contribution < -0.4 is 5.63 Å². The average Bonchev–Trinajstić information content (AvgIpc) is 2.20. The number of aliphatic hydroxyl groups excluding tert-OH is 1. The second-order valence-electron chi connectivity index (χ2n) is 4.28. The van der Waals surface area contributed by atoms with Crippen LogP contribution in [0, 0.1) is 5.92 Å². The lowest BCUT2D eigenvalue weighted by Gasteiger charge is -2.04. The largest absolute Gasteiger partial charge is 0.423 e. The molecule has 0 saturated carbocycles. The van der Waals surface area contributed by atoms with Crippen LogP contribution in [0.3, 0.4) is 0 Å². The Morgan fingerprint density at radius 2 is 2.19 bits per heavy atom. The highest BCUT2D eigenvalue weighted by molar-refractivity contribution is 5.58. The summed E-state index contributed by atoms with van der Waals surface area (Å²) in [6.07, 6.45) is 2.34. The molecule has 0 amide bonds. The van der Waals surface area contributed by atoms with Crippen molar-refractivity contribution in [2.45, 2.75) is 27.2 Å². The number of hydrogen-bond acceptors (Lipinski definition) is 3. The Hall–Kier alpha value is -1.35. The Labute approximate surface area is 95.4 Å². The van der Waals surface area contributed by atoms with E-state index >= 15 is 0 Å². The normalized spacial score (nSPS) is 12.2. The van der Waals surface area contributed by atoms with E-state index in [0.29, 0.717) is 17.2 Å². The lowest BCUT2D eigenvalue weighted by atomic mass is 10.0. The maximum absolute atomic E-state index is 11.6. The Morgan fingerprint density at radius 3 is 2.69 bits per heavy atom. The summed E-state index contributed by atoms with van der Waals surface area (Å²) in [5.41, 5.74) is 1.20. The van der Waals surface area contributed by atoms with Crippen LogP contribution in [0.25, 0.3) is 5.57 Å². The zero-order valence-electron chi connectivity index (χ0n) is 9.99. The number of allylic oxidation sites excluding steroid dienone is 1. The smallest absolute Gasteiger partial charge is 0.339 e.